The number of carbonyl (C=O) groups excluding carboxylic acids is 2. The van der Waals surface area contributed by atoms with Crippen LogP contribution in [0.3, 0.4) is 0 Å². The predicted molar refractivity (Wildman–Crippen MR) is 125 cm³/mol. The van der Waals surface area contributed by atoms with Gasteiger partial charge in [0.2, 0.25) is 0 Å². The first kappa shape index (κ1) is 22.6. The van der Waals surface area contributed by atoms with Crippen LogP contribution in [0.5, 0.6) is 0 Å². The number of hydrogen-bond acceptors (Lipinski definition) is 5. The first-order chi connectivity index (χ1) is 16.4. The van der Waals surface area contributed by atoms with Crippen molar-refractivity contribution >= 4 is 34.6 Å². The van der Waals surface area contributed by atoms with Crippen molar-refractivity contribution in [2.45, 2.75) is 26.0 Å². The third kappa shape index (κ3) is 3.88. The van der Waals surface area contributed by atoms with Crippen LogP contribution >= 0.6 is 11.6 Å². The molecule has 2 aliphatic rings. The van der Waals surface area contributed by atoms with Gasteiger partial charge in [-0.1, -0.05) is 17.7 Å². The van der Waals surface area contributed by atoms with E-state index < -0.39 is 11.9 Å². The van der Waals surface area contributed by atoms with Crippen LogP contribution in [0.25, 0.3) is 22.4 Å². The number of ether oxygens (including phenoxy) is 2. The molecule has 2 aromatic carbocycles. The van der Waals surface area contributed by atoms with Crippen LogP contribution < -0.4 is 5.32 Å². The smallest absolute Gasteiger partial charge is 0.409 e. The van der Waals surface area contributed by atoms with E-state index in [-0.39, 0.29) is 28.2 Å². The van der Waals surface area contributed by atoms with E-state index in [4.69, 9.17) is 26.1 Å². The molecule has 2 aliphatic heterocycles. The average molecular weight is 487 g/mol. The first-order valence-corrected chi connectivity index (χ1v) is 11.5. The zero-order valence-electron chi connectivity index (χ0n) is 18.9. The number of carbonyl (C=O) groups is 2. The Morgan fingerprint density at radius 1 is 1.38 bits per heavy atom. The number of fused-ring (bicyclic) bond motifs is 2. The number of halogens is 2. The van der Waals surface area contributed by atoms with Crippen LogP contribution in [0, 0.1) is 12.7 Å². The number of rotatable bonds is 3. The molecule has 1 aromatic heterocycles. The molecular weight excluding hydrogens is 463 g/mol. The summed E-state index contributed by atoms with van der Waals surface area (Å²) in [5.41, 5.74) is 3.53. The van der Waals surface area contributed by atoms with Crippen molar-refractivity contribution in [3.8, 4) is 11.4 Å². The Hall–Kier alpha value is -3.17. The molecule has 1 saturated heterocycles. The first-order valence-electron chi connectivity index (χ1n) is 11.1. The minimum atomic E-state index is -0.616. The van der Waals surface area contributed by atoms with Crippen LogP contribution in [0.15, 0.2) is 24.3 Å². The largest absolute Gasteiger partial charge is 0.453 e. The van der Waals surface area contributed by atoms with Crippen molar-refractivity contribution in [3.05, 3.63) is 51.8 Å². The number of aromatic nitrogens is 2. The highest BCUT2D eigenvalue weighted by Gasteiger charge is 2.30. The summed E-state index contributed by atoms with van der Waals surface area (Å²) in [6.07, 6.45) is -0.260. The van der Waals surface area contributed by atoms with E-state index in [0.29, 0.717) is 56.1 Å². The van der Waals surface area contributed by atoms with Crippen LogP contribution in [-0.4, -0.2) is 65.9 Å². The molecule has 2 amide bonds. The lowest BCUT2D eigenvalue weighted by Gasteiger charge is -2.32. The monoisotopic (exact) mass is 486 g/mol. The molecule has 1 N–H and O–H groups in total. The van der Waals surface area contributed by atoms with Gasteiger partial charge in [0.25, 0.3) is 5.91 Å². The van der Waals surface area contributed by atoms with Crippen molar-refractivity contribution in [2.24, 2.45) is 0 Å². The van der Waals surface area contributed by atoms with Gasteiger partial charge in [0.1, 0.15) is 11.6 Å². The van der Waals surface area contributed by atoms with Gasteiger partial charge >= 0.3 is 6.09 Å². The number of nitrogens with zero attached hydrogens (tertiary/aromatic N) is 3. The minimum absolute atomic E-state index is 0.157. The highest BCUT2D eigenvalue weighted by molar-refractivity contribution is 6.34. The van der Waals surface area contributed by atoms with Crippen LogP contribution in [-0.2, 0) is 22.4 Å². The van der Waals surface area contributed by atoms with Gasteiger partial charge in [-0.2, -0.15) is 0 Å². The Bertz CT molecular complexity index is 1310. The molecule has 1 atom stereocenters. The fourth-order valence-electron chi connectivity index (χ4n) is 4.65. The summed E-state index contributed by atoms with van der Waals surface area (Å²) in [6, 6.07) is 7.05. The molecule has 0 radical (unpaired) electrons. The quantitative estimate of drug-likeness (QED) is 0.612. The third-order valence-electron chi connectivity index (χ3n) is 6.31. The van der Waals surface area contributed by atoms with Crippen molar-refractivity contribution in [1.82, 2.24) is 19.8 Å². The minimum Gasteiger partial charge on any atom is -0.453 e. The molecule has 5 rings (SSSR count). The van der Waals surface area contributed by atoms with Crippen molar-refractivity contribution in [2.75, 3.05) is 33.4 Å². The number of morpholine rings is 1. The summed E-state index contributed by atoms with van der Waals surface area (Å²) in [7, 11) is 1.34. The molecule has 0 bridgehead atoms. The number of imidazole rings is 1. The maximum atomic E-state index is 15.5. The van der Waals surface area contributed by atoms with E-state index >= 15 is 4.39 Å². The van der Waals surface area contributed by atoms with Gasteiger partial charge in [0, 0.05) is 18.7 Å². The number of hydrogen-bond donors (Lipinski definition) is 1. The van der Waals surface area contributed by atoms with Crippen LogP contribution in [0.2, 0.25) is 5.02 Å². The Morgan fingerprint density at radius 3 is 3.00 bits per heavy atom. The van der Waals surface area contributed by atoms with E-state index in [9.17, 15) is 9.59 Å². The second-order valence-electron chi connectivity index (χ2n) is 8.53. The zero-order chi connectivity index (χ0) is 24.0. The van der Waals surface area contributed by atoms with Gasteiger partial charge in [-0.15, -0.1) is 0 Å². The van der Waals surface area contributed by atoms with E-state index in [1.165, 1.54) is 13.2 Å². The lowest BCUT2D eigenvalue weighted by molar-refractivity contribution is -0.0310. The lowest BCUT2D eigenvalue weighted by atomic mass is 9.96. The molecule has 178 valence electrons. The molecule has 8 nitrogen and oxygen atoms in total. The molecule has 0 saturated carbocycles. The Labute approximate surface area is 200 Å². The fourth-order valence-corrected chi connectivity index (χ4v) is 5.02. The van der Waals surface area contributed by atoms with Crippen LogP contribution in [0.1, 0.15) is 21.5 Å². The Balaban J connectivity index is 1.62. The fraction of sp³-hybridized carbons (Fsp3) is 0.375. The van der Waals surface area contributed by atoms with E-state index in [1.807, 2.05) is 29.7 Å². The SMILES string of the molecule is COC(=O)N1CCO[C@@H](Cn2c(-c3c(F)cc4c(c3Cl)CCNC4=O)nc3cc(C)ccc32)C1. The summed E-state index contributed by atoms with van der Waals surface area (Å²) in [4.78, 5) is 30.6. The van der Waals surface area contributed by atoms with Crippen molar-refractivity contribution in [3.63, 3.8) is 0 Å². The maximum Gasteiger partial charge on any atom is 0.409 e. The summed E-state index contributed by atoms with van der Waals surface area (Å²) >= 11 is 6.71. The molecule has 3 aromatic rings. The number of nitrogens with one attached hydrogen (secondary N) is 1. The number of amides is 2. The summed E-state index contributed by atoms with van der Waals surface area (Å²) in [6.45, 7) is 3.86. The summed E-state index contributed by atoms with van der Waals surface area (Å²) < 4.78 is 28.1. The highest BCUT2D eigenvalue weighted by atomic mass is 35.5. The molecule has 10 heteroatoms. The second kappa shape index (κ2) is 8.88. The van der Waals surface area contributed by atoms with Gasteiger partial charge in [0.15, 0.2) is 0 Å². The molecule has 3 heterocycles. The zero-order valence-corrected chi connectivity index (χ0v) is 19.6. The van der Waals surface area contributed by atoms with Gasteiger partial charge in [0.05, 0.1) is 54.5 Å². The summed E-state index contributed by atoms with van der Waals surface area (Å²) in [5.74, 6) is -0.596. The Kier molecular flexibility index (Phi) is 5.91. The van der Waals surface area contributed by atoms with Crippen molar-refractivity contribution < 1.29 is 23.5 Å². The summed E-state index contributed by atoms with van der Waals surface area (Å²) in [5, 5.41) is 2.91. The molecule has 0 spiro atoms. The molecular formula is C24H24ClFN4O4. The van der Waals surface area contributed by atoms with Gasteiger partial charge in [-0.3, -0.25) is 4.79 Å². The van der Waals surface area contributed by atoms with E-state index in [0.717, 1.165) is 11.1 Å². The van der Waals surface area contributed by atoms with Crippen LogP contribution in [0.4, 0.5) is 9.18 Å². The number of benzene rings is 2. The second-order valence-corrected chi connectivity index (χ2v) is 8.90. The number of aryl methyl sites for hydroxylation is 1. The van der Waals surface area contributed by atoms with Crippen molar-refractivity contribution in [1.29, 1.82) is 0 Å². The van der Waals surface area contributed by atoms with Gasteiger partial charge in [-0.25, -0.2) is 14.2 Å². The topological polar surface area (TPSA) is 85.7 Å². The van der Waals surface area contributed by atoms with E-state index in [2.05, 4.69) is 5.32 Å². The lowest BCUT2D eigenvalue weighted by Crippen LogP contribution is -2.47. The molecule has 34 heavy (non-hydrogen) atoms. The van der Waals surface area contributed by atoms with Gasteiger partial charge in [-0.05, 0) is 42.7 Å². The molecule has 0 aliphatic carbocycles. The normalized spacial score (nSPS) is 18.1. The average Bonchev–Trinajstić information content (AvgIpc) is 3.16. The van der Waals surface area contributed by atoms with E-state index in [1.54, 1.807) is 4.90 Å². The molecule has 0 unspecified atom stereocenters. The standard InChI is InChI=1S/C24H24ClFN4O4/c1-13-3-4-19-18(9-13)28-22(30(19)12-14-11-29(7-8-34-14)24(32)33-2)20-17(26)10-16-15(21(20)25)5-6-27-23(16)31/h3-4,9-10,14H,5-8,11-12H2,1-2H3,(H,27,31)/t14-/m1/s1. The third-order valence-corrected chi connectivity index (χ3v) is 6.73. The highest BCUT2D eigenvalue weighted by Crippen LogP contribution is 2.38. The van der Waals surface area contributed by atoms with Gasteiger partial charge < -0.3 is 24.3 Å². The Morgan fingerprint density at radius 2 is 2.21 bits per heavy atom. The predicted octanol–water partition coefficient (Wildman–Crippen LogP) is 3.56. The number of methoxy groups -OCH3 is 1. The molecule has 1 fully saturated rings. The maximum absolute atomic E-state index is 15.5.